The molecule has 0 saturated heterocycles. The first-order chi connectivity index (χ1) is 8.13. The number of halogens is 2. The third kappa shape index (κ3) is 4.90. The molecule has 3 N–H and O–H groups in total. The summed E-state index contributed by atoms with van der Waals surface area (Å²) in [7, 11) is 0. The van der Waals surface area contributed by atoms with E-state index in [2.05, 4.69) is 16.0 Å². The molecule has 0 spiro atoms. The molecular formula is C9H9Cl2N3O3. The van der Waals surface area contributed by atoms with Gasteiger partial charge in [-0.25, -0.2) is 10.3 Å². The summed E-state index contributed by atoms with van der Waals surface area (Å²) in [6, 6.07) is 4.23. The van der Waals surface area contributed by atoms with Crippen molar-refractivity contribution in [3.63, 3.8) is 0 Å². The molecule has 0 aromatic heterocycles. The van der Waals surface area contributed by atoms with Gasteiger partial charge in [-0.3, -0.25) is 10.2 Å². The van der Waals surface area contributed by atoms with E-state index in [1.807, 2.05) is 0 Å². The van der Waals surface area contributed by atoms with Gasteiger partial charge in [0.1, 0.15) is 12.9 Å². The fraction of sp³-hybridized carbons (Fsp3) is 0.111. The van der Waals surface area contributed by atoms with Gasteiger partial charge in [0.05, 0.1) is 0 Å². The van der Waals surface area contributed by atoms with Crippen molar-refractivity contribution in [1.29, 1.82) is 0 Å². The molecule has 0 radical (unpaired) electrons. The minimum Gasteiger partial charge on any atom is -0.410 e. The Balaban J connectivity index is 2.38. The second-order valence-corrected chi connectivity index (χ2v) is 3.69. The van der Waals surface area contributed by atoms with Gasteiger partial charge in [0, 0.05) is 10.0 Å². The molecule has 0 aliphatic carbocycles. The summed E-state index contributed by atoms with van der Waals surface area (Å²) >= 11 is 11.6. The molecule has 0 saturated carbocycles. The molecular weight excluding hydrogens is 269 g/mol. The third-order valence-corrected chi connectivity index (χ3v) is 2.25. The second kappa shape index (κ2) is 6.95. The lowest BCUT2D eigenvalue weighted by Gasteiger charge is -2.06. The van der Waals surface area contributed by atoms with Gasteiger partial charge in [-0.2, -0.15) is 0 Å². The maximum Gasteiger partial charge on any atom is 0.343 e. The summed E-state index contributed by atoms with van der Waals surface area (Å²) in [5, 5.41) is 13.6. The van der Waals surface area contributed by atoms with Crippen LogP contribution in [0, 0.1) is 0 Å². The summed E-state index contributed by atoms with van der Waals surface area (Å²) in [5.74, 6) is 0. The van der Waals surface area contributed by atoms with E-state index < -0.39 is 6.03 Å². The number of hydrogen-bond donors (Lipinski definition) is 3. The molecule has 1 rings (SSSR count). The van der Waals surface area contributed by atoms with Crippen LogP contribution in [0.4, 0.5) is 4.79 Å². The van der Waals surface area contributed by atoms with E-state index in [0.29, 0.717) is 15.6 Å². The molecule has 2 amide bonds. The second-order valence-electron chi connectivity index (χ2n) is 2.84. The Bertz CT molecular complexity index is 426. The van der Waals surface area contributed by atoms with Crippen molar-refractivity contribution in [1.82, 2.24) is 10.8 Å². The number of carbonyl (C=O) groups is 1. The molecule has 1 aromatic rings. The van der Waals surface area contributed by atoms with Crippen molar-refractivity contribution in [3.8, 4) is 0 Å². The normalized spacial score (nSPS) is 10.5. The maximum atomic E-state index is 10.9. The standard InChI is InChI=1S/C9H9Cl2N3O3/c10-7-2-1-6(8(11)3-7)4-17-14-9(15)12-5-13-16/h1-3,5,16H,4H2,(H2,12,13,14,15). The molecule has 6 nitrogen and oxygen atoms in total. The van der Waals surface area contributed by atoms with Crippen molar-refractivity contribution in [2.45, 2.75) is 6.61 Å². The Kier molecular flexibility index (Phi) is 5.55. The number of amides is 2. The Morgan fingerprint density at radius 1 is 1.53 bits per heavy atom. The Labute approximate surface area is 107 Å². The quantitative estimate of drug-likeness (QED) is 0.341. The highest BCUT2D eigenvalue weighted by molar-refractivity contribution is 6.35. The molecule has 0 aliphatic heterocycles. The van der Waals surface area contributed by atoms with Crippen LogP contribution in [0.3, 0.4) is 0 Å². The zero-order valence-electron chi connectivity index (χ0n) is 8.48. The first-order valence-electron chi connectivity index (χ1n) is 4.41. The zero-order chi connectivity index (χ0) is 12.7. The number of urea groups is 1. The summed E-state index contributed by atoms with van der Waals surface area (Å²) in [4.78, 5) is 15.8. The minimum absolute atomic E-state index is 0.0830. The summed E-state index contributed by atoms with van der Waals surface area (Å²) < 4.78 is 0. The smallest absolute Gasteiger partial charge is 0.343 e. The first-order valence-corrected chi connectivity index (χ1v) is 5.17. The van der Waals surface area contributed by atoms with Gasteiger partial charge in [-0.1, -0.05) is 34.4 Å². The topological polar surface area (TPSA) is 83.0 Å². The van der Waals surface area contributed by atoms with Crippen LogP contribution in [0.1, 0.15) is 5.56 Å². The SMILES string of the molecule is O=C(N/C=N/O)NOCc1ccc(Cl)cc1Cl. The van der Waals surface area contributed by atoms with Crippen LogP contribution in [0.15, 0.2) is 23.4 Å². The Morgan fingerprint density at radius 3 is 2.94 bits per heavy atom. The van der Waals surface area contributed by atoms with Gasteiger partial charge < -0.3 is 5.21 Å². The largest absolute Gasteiger partial charge is 0.410 e. The highest BCUT2D eigenvalue weighted by atomic mass is 35.5. The summed E-state index contributed by atoms with van der Waals surface area (Å²) in [5.41, 5.74) is 2.74. The summed E-state index contributed by atoms with van der Waals surface area (Å²) in [6.07, 6.45) is 0.800. The molecule has 8 heteroatoms. The van der Waals surface area contributed by atoms with Gasteiger partial charge in [-0.05, 0) is 17.7 Å². The summed E-state index contributed by atoms with van der Waals surface area (Å²) in [6.45, 7) is 0.0830. The molecule has 17 heavy (non-hydrogen) atoms. The maximum absolute atomic E-state index is 10.9. The lowest BCUT2D eigenvalue weighted by Crippen LogP contribution is -2.34. The van der Waals surface area contributed by atoms with Crippen LogP contribution < -0.4 is 10.8 Å². The van der Waals surface area contributed by atoms with Gasteiger partial charge >= 0.3 is 6.03 Å². The number of rotatable bonds is 4. The lowest BCUT2D eigenvalue weighted by atomic mass is 10.2. The van der Waals surface area contributed by atoms with Crippen molar-refractivity contribution < 1.29 is 14.8 Å². The molecule has 0 fully saturated rings. The fourth-order valence-electron chi connectivity index (χ4n) is 0.935. The lowest BCUT2D eigenvalue weighted by molar-refractivity contribution is 0.0507. The van der Waals surface area contributed by atoms with Gasteiger partial charge in [-0.15, -0.1) is 0 Å². The van der Waals surface area contributed by atoms with E-state index in [-0.39, 0.29) is 6.61 Å². The number of nitrogens with zero attached hydrogens (tertiary/aromatic N) is 1. The molecule has 92 valence electrons. The predicted molar refractivity (Wildman–Crippen MR) is 63.2 cm³/mol. The van der Waals surface area contributed by atoms with E-state index in [0.717, 1.165) is 6.34 Å². The number of oxime groups is 1. The number of benzene rings is 1. The number of hydrogen-bond acceptors (Lipinski definition) is 4. The highest BCUT2D eigenvalue weighted by Crippen LogP contribution is 2.21. The molecule has 0 heterocycles. The fourth-order valence-corrected chi connectivity index (χ4v) is 1.40. The highest BCUT2D eigenvalue weighted by Gasteiger charge is 2.03. The van der Waals surface area contributed by atoms with E-state index >= 15 is 0 Å². The van der Waals surface area contributed by atoms with Crippen molar-refractivity contribution in [3.05, 3.63) is 33.8 Å². The van der Waals surface area contributed by atoms with Crippen molar-refractivity contribution in [2.24, 2.45) is 5.16 Å². The number of carbonyl (C=O) groups excluding carboxylic acids is 1. The van der Waals surface area contributed by atoms with Crippen molar-refractivity contribution in [2.75, 3.05) is 0 Å². The monoisotopic (exact) mass is 277 g/mol. The minimum atomic E-state index is -0.673. The van der Waals surface area contributed by atoms with Crippen LogP contribution in [0.2, 0.25) is 10.0 Å². The van der Waals surface area contributed by atoms with Crippen LogP contribution in [-0.2, 0) is 11.4 Å². The number of hydroxylamine groups is 1. The average molecular weight is 278 g/mol. The average Bonchev–Trinajstić information content (AvgIpc) is 2.29. The third-order valence-electron chi connectivity index (χ3n) is 1.66. The zero-order valence-corrected chi connectivity index (χ0v) is 10.00. The Morgan fingerprint density at radius 2 is 2.29 bits per heavy atom. The van der Waals surface area contributed by atoms with Crippen molar-refractivity contribution >= 4 is 35.6 Å². The van der Waals surface area contributed by atoms with Crippen LogP contribution in [0.5, 0.6) is 0 Å². The Hall–Kier alpha value is -1.50. The van der Waals surface area contributed by atoms with Gasteiger partial charge in [0.15, 0.2) is 0 Å². The predicted octanol–water partition coefficient (Wildman–Crippen LogP) is 2.14. The van der Waals surface area contributed by atoms with E-state index in [1.54, 1.807) is 18.2 Å². The number of nitrogens with one attached hydrogen (secondary N) is 2. The molecule has 0 atom stereocenters. The molecule has 0 aliphatic rings. The van der Waals surface area contributed by atoms with E-state index in [4.69, 9.17) is 33.2 Å². The van der Waals surface area contributed by atoms with Crippen LogP contribution in [0.25, 0.3) is 0 Å². The van der Waals surface area contributed by atoms with Crippen LogP contribution >= 0.6 is 23.2 Å². The van der Waals surface area contributed by atoms with E-state index in [1.165, 1.54) is 0 Å². The van der Waals surface area contributed by atoms with E-state index in [9.17, 15) is 4.79 Å². The molecule has 0 bridgehead atoms. The first kappa shape index (κ1) is 13.6. The molecule has 1 aromatic carbocycles. The van der Waals surface area contributed by atoms with Gasteiger partial charge in [0.25, 0.3) is 0 Å². The van der Waals surface area contributed by atoms with Gasteiger partial charge in [0.2, 0.25) is 0 Å². The molecule has 0 unspecified atom stereocenters. The van der Waals surface area contributed by atoms with Crippen LogP contribution in [-0.4, -0.2) is 17.6 Å².